The smallest absolute Gasteiger partial charge is 0.167 e. The number of nitrogens with one attached hydrogen (secondary N) is 1. The average Bonchev–Trinajstić information content (AvgIpc) is 3.17. The number of benzene rings is 2. The molecule has 0 saturated carbocycles. The normalized spacial score (nSPS) is 12.0. The Morgan fingerprint density at radius 3 is 2.62 bits per heavy atom. The molecule has 2 heterocycles. The van der Waals surface area contributed by atoms with Crippen molar-refractivity contribution in [1.29, 1.82) is 0 Å². The van der Waals surface area contributed by atoms with Gasteiger partial charge in [-0.15, -0.1) is 0 Å². The molecule has 0 aliphatic carbocycles. The van der Waals surface area contributed by atoms with E-state index in [2.05, 4.69) is 10.3 Å². The minimum Gasteiger partial charge on any atom is -0.497 e. The summed E-state index contributed by atoms with van der Waals surface area (Å²) >= 11 is 0. The molecule has 0 aliphatic rings. The fourth-order valence-corrected chi connectivity index (χ4v) is 3.56. The summed E-state index contributed by atoms with van der Waals surface area (Å²) in [6, 6.07) is 13.7. The fourth-order valence-electron chi connectivity index (χ4n) is 3.56. The number of anilines is 2. The topological polar surface area (TPSA) is 96.5 Å². The van der Waals surface area contributed by atoms with Crippen molar-refractivity contribution in [2.24, 2.45) is 0 Å². The highest BCUT2D eigenvalue weighted by Gasteiger charge is 2.20. The van der Waals surface area contributed by atoms with Crippen molar-refractivity contribution < 1.29 is 18.6 Å². The number of fused-ring (bicyclic) bond motifs is 1. The Hall–Kier alpha value is -3.85. The maximum absolute atomic E-state index is 14.5. The van der Waals surface area contributed by atoms with Crippen molar-refractivity contribution in [3.8, 4) is 17.2 Å². The van der Waals surface area contributed by atoms with Gasteiger partial charge in [-0.3, -0.25) is 0 Å². The van der Waals surface area contributed by atoms with Crippen LogP contribution in [0.25, 0.3) is 11.0 Å². The first-order valence-electron chi connectivity index (χ1n) is 11.0. The van der Waals surface area contributed by atoms with Crippen LogP contribution in [0.3, 0.4) is 0 Å². The highest BCUT2D eigenvalue weighted by atomic mass is 19.1. The first kappa shape index (κ1) is 23.3. The molecule has 0 amide bonds. The van der Waals surface area contributed by atoms with Gasteiger partial charge >= 0.3 is 0 Å². The van der Waals surface area contributed by atoms with E-state index in [1.807, 2.05) is 38.1 Å². The number of methoxy groups -OCH3 is 1. The lowest BCUT2D eigenvalue weighted by Gasteiger charge is -2.14. The number of halogens is 1. The van der Waals surface area contributed by atoms with Gasteiger partial charge in [0.15, 0.2) is 23.0 Å². The van der Waals surface area contributed by atoms with Crippen LogP contribution in [-0.2, 0) is 11.3 Å². The van der Waals surface area contributed by atoms with E-state index in [1.54, 1.807) is 30.1 Å². The molecule has 0 aliphatic heterocycles. The Morgan fingerprint density at radius 2 is 1.91 bits per heavy atom. The summed E-state index contributed by atoms with van der Waals surface area (Å²) in [6.07, 6.45) is 1.62. The van der Waals surface area contributed by atoms with E-state index in [-0.39, 0.29) is 11.8 Å². The van der Waals surface area contributed by atoms with Crippen molar-refractivity contribution >= 4 is 22.5 Å². The lowest BCUT2D eigenvalue weighted by Crippen LogP contribution is -2.22. The molecule has 3 N–H and O–H groups in total. The van der Waals surface area contributed by atoms with Crippen LogP contribution in [0, 0.1) is 5.82 Å². The molecule has 0 bridgehead atoms. The number of nitrogens with zero attached hydrogens (tertiary/aromatic N) is 3. The Morgan fingerprint density at radius 1 is 1.12 bits per heavy atom. The molecule has 4 aromatic rings. The average molecular weight is 466 g/mol. The zero-order valence-corrected chi connectivity index (χ0v) is 19.4. The van der Waals surface area contributed by atoms with Crippen molar-refractivity contribution in [2.45, 2.75) is 26.4 Å². The second-order valence-corrected chi connectivity index (χ2v) is 7.86. The number of hydrogen-bond donors (Lipinski definition) is 2. The molecule has 2 aromatic heterocycles. The van der Waals surface area contributed by atoms with Gasteiger partial charge in [-0.1, -0.05) is 12.1 Å². The van der Waals surface area contributed by atoms with Gasteiger partial charge < -0.3 is 25.3 Å². The highest BCUT2D eigenvalue weighted by molar-refractivity contribution is 5.93. The van der Waals surface area contributed by atoms with E-state index in [1.165, 1.54) is 12.1 Å². The second-order valence-electron chi connectivity index (χ2n) is 7.86. The highest BCUT2D eigenvalue weighted by Crippen LogP contribution is 2.35. The van der Waals surface area contributed by atoms with Crippen molar-refractivity contribution in [3.05, 3.63) is 66.1 Å². The van der Waals surface area contributed by atoms with Gasteiger partial charge in [-0.25, -0.2) is 14.1 Å². The Kier molecular flexibility index (Phi) is 7.12. The minimum absolute atomic E-state index is 0.0196. The quantitative estimate of drug-likeness (QED) is 0.324. The molecule has 0 fully saturated rings. The van der Waals surface area contributed by atoms with Gasteiger partial charge in [0.2, 0.25) is 0 Å². The van der Waals surface area contributed by atoms with Gasteiger partial charge in [0.25, 0.3) is 0 Å². The predicted molar refractivity (Wildman–Crippen MR) is 130 cm³/mol. The van der Waals surface area contributed by atoms with Gasteiger partial charge in [0.1, 0.15) is 16.9 Å². The first-order valence-corrected chi connectivity index (χ1v) is 11.0. The van der Waals surface area contributed by atoms with E-state index >= 15 is 0 Å². The molecular weight excluding hydrogens is 437 g/mol. The van der Waals surface area contributed by atoms with Crippen LogP contribution in [0.2, 0.25) is 0 Å². The van der Waals surface area contributed by atoms with Crippen LogP contribution in [0.4, 0.5) is 15.9 Å². The predicted octanol–water partition coefficient (Wildman–Crippen LogP) is 4.84. The SMILES string of the molecule is CCOCC(C)Nc1nn(Cc2ccc(OC)cc2)c2nccc(Oc3ccc(N)cc3F)c12. The molecule has 1 unspecified atom stereocenters. The summed E-state index contributed by atoms with van der Waals surface area (Å²) in [4.78, 5) is 4.55. The fraction of sp³-hybridized carbons (Fsp3) is 0.280. The first-order chi connectivity index (χ1) is 16.5. The van der Waals surface area contributed by atoms with E-state index in [4.69, 9.17) is 25.0 Å². The standard InChI is InChI=1S/C25H28FN5O3/c1-4-33-15-16(2)29-24-23-22(34-21-10-7-18(27)13-20(21)26)11-12-28-25(23)31(30-24)14-17-5-8-19(32-3)9-6-17/h5-13,16H,4,14-15,27H2,1-3H3,(H,29,30). The summed E-state index contributed by atoms with van der Waals surface area (Å²) < 4.78 is 33.0. The summed E-state index contributed by atoms with van der Waals surface area (Å²) in [5, 5.41) is 8.81. The van der Waals surface area contributed by atoms with Crippen molar-refractivity contribution in [2.75, 3.05) is 31.4 Å². The van der Waals surface area contributed by atoms with Crippen LogP contribution >= 0.6 is 0 Å². The molecule has 0 spiro atoms. The van der Waals surface area contributed by atoms with Crippen LogP contribution < -0.4 is 20.5 Å². The van der Waals surface area contributed by atoms with Crippen LogP contribution in [-0.4, -0.2) is 41.1 Å². The lowest BCUT2D eigenvalue weighted by molar-refractivity contribution is 0.141. The van der Waals surface area contributed by atoms with Crippen LogP contribution in [0.5, 0.6) is 17.2 Å². The number of hydrogen-bond acceptors (Lipinski definition) is 7. The molecule has 0 saturated heterocycles. The summed E-state index contributed by atoms with van der Waals surface area (Å²) in [7, 11) is 1.63. The molecule has 8 nitrogen and oxygen atoms in total. The van der Waals surface area contributed by atoms with Crippen molar-refractivity contribution in [3.63, 3.8) is 0 Å². The Balaban J connectivity index is 1.74. The minimum atomic E-state index is -0.546. The molecule has 9 heteroatoms. The monoisotopic (exact) mass is 465 g/mol. The number of ether oxygens (including phenoxy) is 3. The molecule has 2 aromatic carbocycles. The Labute approximate surface area is 197 Å². The summed E-state index contributed by atoms with van der Waals surface area (Å²) in [6.45, 7) is 5.55. The second kappa shape index (κ2) is 10.4. The molecule has 178 valence electrons. The number of aromatic nitrogens is 3. The van der Waals surface area contributed by atoms with E-state index in [9.17, 15) is 4.39 Å². The van der Waals surface area contributed by atoms with Crippen LogP contribution in [0.15, 0.2) is 54.7 Å². The summed E-state index contributed by atoms with van der Waals surface area (Å²) in [5.74, 6) is 1.31. The number of pyridine rings is 1. The van der Waals surface area contributed by atoms with Crippen LogP contribution in [0.1, 0.15) is 19.4 Å². The number of rotatable bonds is 10. The largest absolute Gasteiger partial charge is 0.497 e. The van der Waals surface area contributed by atoms with Gasteiger partial charge in [-0.05, 0) is 43.7 Å². The Bertz CT molecular complexity index is 1260. The maximum Gasteiger partial charge on any atom is 0.167 e. The van der Waals surface area contributed by atoms with E-state index in [0.29, 0.717) is 48.0 Å². The van der Waals surface area contributed by atoms with Gasteiger partial charge in [-0.2, -0.15) is 5.10 Å². The molecular formula is C25H28FN5O3. The molecule has 0 radical (unpaired) electrons. The molecule has 34 heavy (non-hydrogen) atoms. The summed E-state index contributed by atoms with van der Waals surface area (Å²) in [5.41, 5.74) is 7.63. The molecule has 1 atom stereocenters. The van der Waals surface area contributed by atoms with E-state index in [0.717, 1.165) is 11.3 Å². The lowest BCUT2D eigenvalue weighted by atomic mass is 10.2. The van der Waals surface area contributed by atoms with Gasteiger partial charge in [0.05, 0.1) is 20.3 Å². The van der Waals surface area contributed by atoms with E-state index < -0.39 is 5.82 Å². The third-order valence-electron chi connectivity index (χ3n) is 5.22. The number of nitrogens with two attached hydrogens (primary N) is 1. The van der Waals surface area contributed by atoms with Gasteiger partial charge in [0, 0.05) is 36.7 Å². The third-order valence-corrected chi connectivity index (χ3v) is 5.22. The molecule has 4 rings (SSSR count). The van der Waals surface area contributed by atoms with Crippen molar-refractivity contribution in [1.82, 2.24) is 14.8 Å². The third kappa shape index (κ3) is 5.20. The number of nitrogen functional groups attached to an aromatic ring is 1. The maximum atomic E-state index is 14.5. The zero-order chi connectivity index (χ0) is 24.1. The zero-order valence-electron chi connectivity index (χ0n) is 19.4.